The van der Waals surface area contributed by atoms with E-state index in [9.17, 15) is 4.79 Å². The van der Waals surface area contributed by atoms with E-state index in [1.807, 2.05) is 31.3 Å². The van der Waals surface area contributed by atoms with Gasteiger partial charge in [-0.15, -0.1) is 11.6 Å². The lowest BCUT2D eigenvalue weighted by atomic mass is 10.2. The first-order valence-corrected chi connectivity index (χ1v) is 6.59. The largest absolute Gasteiger partial charge is 0.337 e. The van der Waals surface area contributed by atoms with Crippen LogP contribution in [0.4, 0.5) is 0 Å². The molecule has 0 radical (unpaired) electrons. The van der Waals surface area contributed by atoms with Gasteiger partial charge >= 0.3 is 0 Å². The summed E-state index contributed by atoms with van der Waals surface area (Å²) >= 11 is 5.74. The Balaban J connectivity index is 2.31. The normalized spacial score (nSPS) is 10.8. The van der Waals surface area contributed by atoms with Gasteiger partial charge in [-0.3, -0.25) is 4.79 Å². The van der Waals surface area contributed by atoms with Gasteiger partial charge in [-0.05, 0) is 18.6 Å². The summed E-state index contributed by atoms with van der Waals surface area (Å²) in [5.41, 5.74) is 1.47. The molecule has 0 aliphatic rings. The quantitative estimate of drug-likeness (QED) is 0.779. The predicted octanol–water partition coefficient (Wildman–Crippen LogP) is 2.43. The van der Waals surface area contributed by atoms with E-state index in [0.29, 0.717) is 18.0 Å². The van der Waals surface area contributed by atoms with E-state index in [0.717, 1.165) is 18.5 Å². The van der Waals surface area contributed by atoms with Crippen LogP contribution in [0.1, 0.15) is 23.7 Å². The second-order valence-corrected chi connectivity index (χ2v) is 4.45. The monoisotopic (exact) mass is 265 g/mol. The van der Waals surface area contributed by atoms with Crippen molar-refractivity contribution in [3.63, 3.8) is 0 Å². The molecule has 0 saturated carbocycles. The maximum atomic E-state index is 12.4. The summed E-state index contributed by atoms with van der Waals surface area (Å²) in [5.74, 6) is 0.448. The van der Waals surface area contributed by atoms with Crippen LogP contribution in [-0.4, -0.2) is 39.4 Å². The molecule has 18 heavy (non-hydrogen) atoms. The van der Waals surface area contributed by atoms with Crippen molar-refractivity contribution < 1.29 is 4.79 Å². The Morgan fingerprint density at radius 1 is 1.44 bits per heavy atom. The van der Waals surface area contributed by atoms with E-state index in [1.54, 1.807) is 15.6 Å². The summed E-state index contributed by atoms with van der Waals surface area (Å²) in [6, 6.07) is 5.68. The molecular weight excluding hydrogens is 250 g/mol. The average molecular weight is 266 g/mol. The first kappa shape index (κ1) is 12.9. The Morgan fingerprint density at radius 2 is 2.28 bits per heavy atom. The maximum Gasteiger partial charge on any atom is 0.257 e. The molecule has 0 unspecified atom stereocenters. The number of rotatable bonds is 5. The molecule has 0 fully saturated rings. The summed E-state index contributed by atoms with van der Waals surface area (Å²) in [7, 11) is 0. The lowest BCUT2D eigenvalue weighted by Crippen LogP contribution is -2.33. The molecule has 0 atom stereocenters. The van der Waals surface area contributed by atoms with Crippen LogP contribution in [0.2, 0.25) is 0 Å². The van der Waals surface area contributed by atoms with Crippen molar-refractivity contribution in [1.29, 1.82) is 0 Å². The van der Waals surface area contributed by atoms with E-state index in [-0.39, 0.29) is 5.91 Å². The van der Waals surface area contributed by atoms with Crippen molar-refractivity contribution in [2.45, 2.75) is 13.3 Å². The molecular formula is C13H16ClN3O. The molecule has 2 aromatic rings. The van der Waals surface area contributed by atoms with E-state index >= 15 is 0 Å². The molecule has 0 aromatic carbocycles. The smallest absolute Gasteiger partial charge is 0.257 e. The highest BCUT2D eigenvalue weighted by Crippen LogP contribution is 2.13. The number of alkyl halides is 1. The highest BCUT2D eigenvalue weighted by Gasteiger charge is 2.18. The van der Waals surface area contributed by atoms with E-state index in [1.165, 1.54) is 0 Å². The summed E-state index contributed by atoms with van der Waals surface area (Å²) in [5, 5.41) is 4.18. The topological polar surface area (TPSA) is 37.6 Å². The van der Waals surface area contributed by atoms with Crippen LogP contribution in [0.5, 0.6) is 0 Å². The van der Waals surface area contributed by atoms with Crippen molar-refractivity contribution in [3.8, 4) is 0 Å². The van der Waals surface area contributed by atoms with E-state index < -0.39 is 0 Å². The van der Waals surface area contributed by atoms with Gasteiger partial charge in [-0.1, -0.05) is 13.0 Å². The lowest BCUT2D eigenvalue weighted by molar-refractivity contribution is 0.0767. The number of hydrogen-bond acceptors (Lipinski definition) is 2. The van der Waals surface area contributed by atoms with Gasteiger partial charge < -0.3 is 4.90 Å². The summed E-state index contributed by atoms with van der Waals surface area (Å²) in [4.78, 5) is 14.2. The molecule has 5 heteroatoms. The Labute approximate surface area is 111 Å². The highest BCUT2D eigenvalue weighted by atomic mass is 35.5. The lowest BCUT2D eigenvalue weighted by Gasteiger charge is -2.20. The van der Waals surface area contributed by atoms with Gasteiger partial charge in [0.05, 0.1) is 17.3 Å². The Bertz CT molecular complexity index is 532. The van der Waals surface area contributed by atoms with Crippen LogP contribution in [0.15, 0.2) is 30.6 Å². The van der Waals surface area contributed by atoms with Crippen molar-refractivity contribution >= 4 is 23.0 Å². The molecule has 1 amide bonds. The minimum absolute atomic E-state index is 0.00120. The third-order valence-electron chi connectivity index (χ3n) is 2.79. The Morgan fingerprint density at radius 3 is 3.00 bits per heavy atom. The van der Waals surface area contributed by atoms with E-state index in [4.69, 9.17) is 11.6 Å². The fraction of sp³-hybridized carbons (Fsp3) is 0.385. The van der Waals surface area contributed by atoms with Crippen molar-refractivity contribution in [1.82, 2.24) is 14.5 Å². The number of carbonyl (C=O) groups excluding carboxylic acids is 1. The fourth-order valence-corrected chi connectivity index (χ4v) is 2.16. The number of nitrogens with zero attached hydrogens (tertiary/aromatic N) is 3. The molecule has 2 aromatic heterocycles. The predicted molar refractivity (Wildman–Crippen MR) is 72.1 cm³/mol. The number of carbonyl (C=O) groups is 1. The summed E-state index contributed by atoms with van der Waals surface area (Å²) < 4.78 is 1.71. The number of fused-ring (bicyclic) bond motifs is 1. The Kier molecular flexibility index (Phi) is 4.20. The van der Waals surface area contributed by atoms with E-state index in [2.05, 4.69) is 5.10 Å². The van der Waals surface area contributed by atoms with Crippen LogP contribution in [-0.2, 0) is 0 Å². The number of halogens is 1. The molecule has 0 N–H and O–H groups in total. The second-order valence-electron chi connectivity index (χ2n) is 4.07. The first-order chi connectivity index (χ1) is 8.77. The molecule has 0 aliphatic heterocycles. The molecule has 4 nitrogen and oxygen atoms in total. The highest BCUT2D eigenvalue weighted by molar-refractivity contribution is 6.18. The Hall–Kier alpha value is -1.55. The number of hydrogen-bond donors (Lipinski definition) is 0. The molecule has 96 valence electrons. The molecule has 0 spiro atoms. The van der Waals surface area contributed by atoms with Crippen LogP contribution >= 0.6 is 11.6 Å². The van der Waals surface area contributed by atoms with Gasteiger partial charge in [0.25, 0.3) is 5.91 Å². The van der Waals surface area contributed by atoms with Crippen LogP contribution in [0.3, 0.4) is 0 Å². The minimum Gasteiger partial charge on any atom is -0.337 e. The van der Waals surface area contributed by atoms with Crippen molar-refractivity contribution in [2.24, 2.45) is 0 Å². The molecule has 2 heterocycles. The zero-order valence-corrected chi connectivity index (χ0v) is 11.1. The van der Waals surface area contributed by atoms with Gasteiger partial charge in [0.2, 0.25) is 0 Å². The average Bonchev–Trinajstić information content (AvgIpc) is 2.81. The summed E-state index contributed by atoms with van der Waals surface area (Å²) in [6.07, 6.45) is 4.37. The van der Waals surface area contributed by atoms with Crippen molar-refractivity contribution in [2.75, 3.05) is 19.0 Å². The van der Waals surface area contributed by atoms with Gasteiger partial charge in [0.1, 0.15) is 0 Å². The SMILES string of the molecule is CCCN(CCCl)C(=O)c1cnn2ccccc12. The molecule has 0 bridgehead atoms. The second kappa shape index (κ2) is 5.87. The number of aromatic nitrogens is 2. The molecule has 0 saturated heterocycles. The minimum atomic E-state index is -0.00120. The van der Waals surface area contributed by atoms with Gasteiger partial charge in [0, 0.05) is 25.2 Å². The zero-order chi connectivity index (χ0) is 13.0. The zero-order valence-electron chi connectivity index (χ0n) is 10.3. The van der Waals surface area contributed by atoms with Gasteiger partial charge in [-0.2, -0.15) is 5.10 Å². The third kappa shape index (κ3) is 2.48. The fourth-order valence-electron chi connectivity index (χ4n) is 1.96. The van der Waals surface area contributed by atoms with Crippen molar-refractivity contribution in [3.05, 3.63) is 36.2 Å². The maximum absolute atomic E-state index is 12.4. The molecule has 0 aliphatic carbocycles. The van der Waals surface area contributed by atoms with Crippen LogP contribution in [0.25, 0.3) is 5.52 Å². The molecule has 2 rings (SSSR count). The van der Waals surface area contributed by atoms with Gasteiger partial charge in [0.15, 0.2) is 0 Å². The third-order valence-corrected chi connectivity index (χ3v) is 2.96. The van der Waals surface area contributed by atoms with Crippen LogP contribution in [0, 0.1) is 0 Å². The number of pyridine rings is 1. The summed E-state index contributed by atoms with van der Waals surface area (Å²) in [6.45, 7) is 3.33. The van der Waals surface area contributed by atoms with Crippen LogP contribution < -0.4 is 0 Å². The number of amides is 1. The standard InChI is InChI=1S/C13H16ClN3O/c1-2-7-16(9-6-14)13(18)11-10-15-17-8-4-3-5-12(11)17/h3-5,8,10H,2,6-7,9H2,1H3. The first-order valence-electron chi connectivity index (χ1n) is 6.05. The van der Waals surface area contributed by atoms with Gasteiger partial charge in [-0.25, -0.2) is 4.52 Å².